The first kappa shape index (κ1) is 21.0. The number of hydrogen-bond acceptors (Lipinski definition) is 3. The second-order valence-corrected chi connectivity index (χ2v) is 9.68. The summed E-state index contributed by atoms with van der Waals surface area (Å²) in [7, 11) is 0. The first-order chi connectivity index (χ1) is 18.8. The zero-order chi connectivity index (χ0) is 25.1. The molecule has 0 atom stereocenters. The zero-order valence-corrected chi connectivity index (χ0v) is 20.5. The summed E-state index contributed by atoms with van der Waals surface area (Å²) in [5, 5.41) is 8.50. The van der Waals surface area contributed by atoms with Gasteiger partial charge in [0.2, 0.25) is 0 Å². The van der Waals surface area contributed by atoms with Crippen LogP contribution in [0.1, 0.15) is 0 Å². The molecule has 0 amide bonds. The van der Waals surface area contributed by atoms with Gasteiger partial charge in [0.05, 0.1) is 16.9 Å². The van der Waals surface area contributed by atoms with Gasteiger partial charge in [-0.1, -0.05) is 66.7 Å². The predicted molar refractivity (Wildman–Crippen MR) is 157 cm³/mol. The standard InChI is InChI=1S/C35H21N3/c1-2-8-31-23(7-1)19-24(21-38-31)25-13-11-22-12-14-27-29(32-9-3-5-17-36-32)20-30(33-10-4-6-18-37-33)28-16-15-26(25)34(22)35(27)28/h1-21H. The lowest BCUT2D eigenvalue weighted by atomic mass is 9.85. The van der Waals surface area contributed by atoms with Crippen molar-refractivity contribution in [1.29, 1.82) is 0 Å². The van der Waals surface area contributed by atoms with Crippen molar-refractivity contribution in [3.8, 4) is 33.6 Å². The molecule has 0 aliphatic rings. The lowest BCUT2D eigenvalue weighted by Crippen LogP contribution is -1.94. The van der Waals surface area contributed by atoms with Gasteiger partial charge in [0, 0.05) is 40.7 Å². The average Bonchev–Trinajstić information content (AvgIpc) is 3.00. The number of aromatic nitrogens is 3. The van der Waals surface area contributed by atoms with E-state index in [9.17, 15) is 0 Å². The van der Waals surface area contributed by atoms with E-state index < -0.39 is 0 Å². The normalized spacial score (nSPS) is 11.7. The first-order valence-corrected chi connectivity index (χ1v) is 12.8. The maximum absolute atomic E-state index is 4.76. The van der Waals surface area contributed by atoms with Crippen molar-refractivity contribution >= 4 is 43.2 Å². The Morgan fingerprint density at radius 1 is 0.421 bits per heavy atom. The summed E-state index contributed by atoms with van der Waals surface area (Å²) in [5.41, 5.74) is 7.47. The van der Waals surface area contributed by atoms with Crippen molar-refractivity contribution in [3.63, 3.8) is 0 Å². The third-order valence-corrected chi connectivity index (χ3v) is 7.56. The van der Waals surface area contributed by atoms with Crippen LogP contribution in [-0.2, 0) is 0 Å². The maximum atomic E-state index is 4.76. The third kappa shape index (κ3) is 3.12. The summed E-state index contributed by atoms with van der Waals surface area (Å²) in [6, 6.07) is 38.4. The van der Waals surface area contributed by atoms with Crippen molar-refractivity contribution in [3.05, 3.63) is 128 Å². The molecule has 0 unspecified atom stereocenters. The highest BCUT2D eigenvalue weighted by Crippen LogP contribution is 2.45. The number of hydrogen-bond donors (Lipinski definition) is 0. The number of pyridine rings is 3. The Hall–Kier alpha value is -5.15. The summed E-state index contributed by atoms with van der Waals surface area (Å²) < 4.78 is 0. The second kappa shape index (κ2) is 8.19. The Morgan fingerprint density at radius 2 is 1.05 bits per heavy atom. The monoisotopic (exact) mass is 483 g/mol. The molecule has 0 aliphatic carbocycles. The predicted octanol–water partition coefficient (Wildman–Crippen LogP) is 8.92. The molecule has 3 heterocycles. The minimum Gasteiger partial charge on any atom is -0.256 e. The van der Waals surface area contributed by atoms with Gasteiger partial charge in [-0.05, 0) is 80.3 Å². The van der Waals surface area contributed by atoms with Crippen molar-refractivity contribution in [1.82, 2.24) is 15.0 Å². The van der Waals surface area contributed by atoms with Crippen LogP contribution in [0.25, 0.3) is 76.9 Å². The molecule has 3 heteroatoms. The number of rotatable bonds is 3. The largest absolute Gasteiger partial charge is 0.256 e. The Kier molecular flexibility index (Phi) is 4.52. The Labute approximate surface area is 219 Å². The molecule has 0 saturated heterocycles. The van der Waals surface area contributed by atoms with Crippen LogP contribution in [0.15, 0.2) is 128 Å². The van der Waals surface area contributed by atoms with E-state index in [1.54, 1.807) is 0 Å². The average molecular weight is 484 g/mol. The number of para-hydroxylation sites is 1. The SMILES string of the molecule is c1ccc(-c2cc(-c3ccccn3)c3ccc4c(-c5cnc6ccccc6c5)ccc5ccc2c3c54)nc1. The van der Waals surface area contributed by atoms with E-state index in [1.165, 1.54) is 37.9 Å². The highest BCUT2D eigenvalue weighted by molar-refractivity contribution is 6.29. The fourth-order valence-corrected chi connectivity index (χ4v) is 5.84. The van der Waals surface area contributed by atoms with E-state index in [2.05, 4.69) is 78.9 Å². The van der Waals surface area contributed by atoms with Crippen LogP contribution < -0.4 is 0 Å². The van der Waals surface area contributed by atoms with E-state index in [-0.39, 0.29) is 0 Å². The van der Waals surface area contributed by atoms with Crippen molar-refractivity contribution < 1.29 is 0 Å². The fraction of sp³-hybridized carbons (Fsp3) is 0. The van der Waals surface area contributed by atoms with Gasteiger partial charge < -0.3 is 0 Å². The van der Waals surface area contributed by atoms with Gasteiger partial charge in [-0.2, -0.15) is 0 Å². The van der Waals surface area contributed by atoms with E-state index in [0.29, 0.717) is 0 Å². The summed E-state index contributed by atoms with van der Waals surface area (Å²) in [4.78, 5) is 14.2. The van der Waals surface area contributed by atoms with Gasteiger partial charge in [-0.15, -0.1) is 0 Å². The molecule has 0 bridgehead atoms. The zero-order valence-electron chi connectivity index (χ0n) is 20.5. The van der Waals surface area contributed by atoms with Gasteiger partial charge in [-0.25, -0.2) is 0 Å². The molecule has 176 valence electrons. The van der Waals surface area contributed by atoms with E-state index in [4.69, 9.17) is 15.0 Å². The van der Waals surface area contributed by atoms with Crippen LogP contribution in [0.4, 0.5) is 0 Å². The lowest BCUT2D eigenvalue weighted by Gasteiger charge is -2.19. The summed E-state index contributed by atoms with van der Waals surface area (Å²) >= 11 is 0. The van der Waals surface area contributed by atoms with Crippen LogP contribution >= 0.6 is 0 Å². The van der Waals surface area contributed by atoms with Crippen LogP contribution in [0.3, 0.4) is 0 Å². The molecular weight excluding hydrogens is 462 g/mol. The third-order valence-electron chi connectivity index (χ3n) is 7.56. The lowest BCUT2D eigenvalue weighted by molar-refractivity contribution is 1.32. The van der Waals surface area contributed by atoms with Gasteiger partial charge >= 0.3 is 0 Å². The Balaban J connectivity index is 1.51. The maximum Gasteiger partial charge on any atom is 0.0708 e. The van der Waals surface area contributed by atoms with Gasteiger partial charge in [0.15, 0.2) is 0 Å². The van der Waals surface area contributed by atoms with Crippen LogP contribution in [0, 0.1) is 0 Å². The molecule has 8 rings (SSSR count). The molecule has 3 aromatic heterocycles. The van der Waals surface area contributed by atoms with Crippen molar-refractivity contribution in [2.75, 3.05) is 0 Å². The van der Waals surface area contributed by atoms with Crippen LogP contribution in [-0.4, -0.2) is 15.0 Å². The van der Waals surface area contributed by atoms with Gasteiger partial charge in [0.1, 0.15) is 0 Å². The van der Waals surface area contributed by atoms with Crippen LogP contribution in [0.5, 0.6) is 0 Å². The quantitative estimate of drug-likeness (QED) is 0.235. The van der Waals surface area contributed by atoms with Gasteiger partial charge in [-0.3, -0.25) is 15.0 Å². The van der Waals surface area contributed by atoms with Gasteiger partial charge in [0.25, 0.3) is 0 Å². The smallest absolute Gasteiger partial charge is 0.0708 e. The molecule has 3 nitrogen and oxygen atoms in total. The number of benzene rings is 5. The molecule has 5 aromatic carbocycles. The fourth-order valence-electron chi connectivity index (χ4n) is 5.84. The number of fused-ring (bicyclic) bond motifs is 1. The molecule has 0 N–H and O–H groups in total. The number of nitrogens with zero attached hydrogens (tertiary/aromatic N) is 3. The second-order valence-electron chi connectivity index (χ2n) is 9.68. The Morgan fingerprint density at radius 3 is 1.76 bits per heavy atom. The molecular formula is C35H21N3. The molecule has 8 aromatic rings. The molecule has 38 heavy (non-hydrogen) atoms. The molecule has 0 radical (unpaired) electrons. The molecule has 0 spiro atoms. The molecule has 0 aliphatic heterocycles. The Bertz CT molecular complexity index is 2060. The minimum absolute atomic E-state index is 0.960. The van der Waals surface area contributed by atoms with E-state index in [1.807, 2.05) is 48.9 Å². The summed E-state index contributed by atoms with van der Waals surface area (Å²) in [5.74, 6) is 0. The van der Waals surface area contributed by atoms with E-state index in [0.717, 1.165) is 39.0 Å². The van der Waals surface area contributed by atoms with Crippen LogP contribution in [0.2, 0.25) is 0 Å². The first-order valence-electron chi connectivity index (χ1n) is 12.8. The highest BCUT2D eigenvalue weighted by atomic mass is 14.7. The summed E-state index contributed by atoms with van der Waals surface area (Å²) in [6.07, 6.45) is 5.71. The minimum atomic E-state index is 0.960. The highest BCUT2D eigenvalue weighted by Gasteiger charge is 2.19. The molecule has 0 fully saturated rings. The van der Waals surface area contributed by atoms with Crippen molar-refractivity contribution in [2.45, 2.75) is 0 Å². The topological polar surface area (TPSA) is 38.7 Å². The van der Waals surface area contributed by atoms with Crippen molar-refractivity contribution in [2.24, 2.45) is 0 Å². The molecule has 0 saturated carbocycles. The van der Waals surface area contributed by atoms with E-state index >= 15 is 0 Å². The summed E-state index contributed by atoms with van der Waals surface area (Å²) in [6.45, 7) is 0.